The van der Waals surface area contributed by atoms with Crippen LogP contribution in [0.3, 0.4) is 0 Å². The number of pyridine rings is 1. The van der Waals surface area contributed by atoms with Gasteiger partial charge in [0, 0.05) is 13.2 Å². The predicted octanol–water partition coefficient (Wildman–Crippen LogP) is 1.71. The van der Waals surface area contributed by atoms with Crippen molar-refractivity contribution in [2.45, 2.75) is 0 Å². The minimum atomic E-state index is 0.492. The molecule has 0 saturated heterocycles. The van der Waals surface area contributed by atoms with Crippen molar-refractivity contribution in [1.82, 2.24) is 4.98 Å². The highest BCUT2D eigenvalue weighted by Gasteiger charge is 1.94. The number of aromatic nitrogens is 1. The zero-order valence-electron chi connectivity index (χ0n) is 5.79. The quantitative estimate of drug-likeness (QED) is 0.479. The van der Waals surface area contributed by atoms with Crippen LogP contribution < -0.4 is 4.90 Å². The first kappa shape index (κ1) is 7.35. The van der Waals surface area contributed by atoms with Crippen molar-refractivity contribution in [3.8, 4) is 0 Å². The molecule has 0 amide bonds. The van der Waals surface area contributed by atoms with Gasteiger partial charge in [0.2, 0.25) is 0 Å². The van der Waals surface area contributed by atoms with Crippen molar-refractivity contribution in [1.29, 1.82) is 0 Å². The summed E-state index contributed by atoms with van der Waals surface area (Å²) in [6, 6.07) is 4.35. The lowest BCUT2D eigenvalue weighted by Gasteiger charge is -2.13. The van der Waals surface area contributed by atoms with E-state index >= 15 is 0 Å². The Morgan fingerprint density at radius 2 is 2.50 bits per heavy atom. The first-order valence-corrected chi connectivity index (χ1v) is 3.55. The average molecular weight is 157 g/mol. The Kier molecular flexibility index (Phi) is 2.51. The van der Waals surface area contributed by atoms with E-state index in [0.717, 1.165) is 5.69 Å². The number of rotatable bonds is 2. The lowest BCUT2D eigenvalue weighted by Crippen LogP contribution is -2.13. The maximum absolute atomic E-state index is 5.58. The molecule has 0 aliphatic carbocycles. The molecule has 3 heteroatoms. The zero-order chi connectivity index (χ0) is 7.40. The normalized spacial score (nSPS) is 9.40. The molecular formula is C7H9ClN2. The highest BCUT2D eigenvalue weighted by Crippen LogP contribution is 2.08. The van der Waals surface area contributed by atoms with Crippen LogP contribution in [0, 0.1) is 0 Å². The van der Waals surface area contributed by atoms with Crippen LogP contribution in [0.25, 0.3) is 0 Å². The molecule has 0 spiro atoms. The van der Waals surface area contributed by atoms with Gasteiger partial charge in [-0.05, 0) is 12.1 Å². The third-order valence-electron chi connectivity index (χ3n) is 1.27. The molecular weight excluding hydrogens is 148 g/mol. The molecule has 0 N–H and O–H groups in total. The minimum Gasteiger partial charge on any atom is -0.360 e. The summed E-state index contributed by atoms with van der Waals surface area (Å²) in [7, 11) is 1.92. The van der Waals surface area contributed by atoms with Crippen molar-refractivity contribution in [3.63, 3.8) is 0 Å². The van der Waals surface area contributed by atoms with Crippen molar-refractivity contribution in [3.05, 3.63) is 24.5 Å². The lowest BCUT2D eigenvalue weighted by atomic mass is 10.4. The summed E-state index contributed by atoms with van der Waals surface area (Å²) in [5.41, 5.74) is 1.04. The summed E-state index contributed by atoms with van der Waals surface area (Å²) in [4.78, 5) is 5.86. The fourth-order valence-corrected chi connectivity index (χ4v) is 0.787. The number of hydrogen-bond donors (Lipinski definition) is 0. The maximum atomic E-state index is 5.58. The van der Waals surface area contributed by atoms with E-state index in [0.29, 0.717) is 6.00 Å². The molecule has 0 atom stereocenters. The molecule has 0 unspecified atom stereocenters. The molecule has 0 aromatic carbocycles. The minimum absolute atomic E-state index is 0.492. The van der Waals surface area contributed by atoms with Crippen LogP contribution in [0.1, 0.15) is 0 Å². The molecule has 0 radical (unpaired) electrons. The molecule has 10 heavy (non-hydrogen) atoms. The van der Waals surface area contributed by atoms with Crippen LogP contribution in [-0.4, -0.2) is 18.0 Å². The second-order valence-corrected chi connectivity index (χ2v) is 2.27. The predicted molar refractivity (Wildman–Crippen MR) is 43.4 cm³/mol. The largest absolute Gasteiger partial charge is 0.360 e. The van der Waals surface area contributed by atoms with Gasteiger partial charge in [0.25, 0.3) is 0 Å². The maximum Gasteiger partial charge on any atom is 0.0925 e. The number of hydrogen-bond acceptors (Lipinski definition) is 2. The molecule has 54 valence electrons. The SMILES string of the molecule is CN(CCl)c1cccnc1. The van der Waals surface area contributed by atoms with Gasteiger partial charge in [0.05, 0.1) is 17.9 Å². The zero-order valence-corrected chi connectivity index (χ0v) is 6.54. The van der Waals surface area contributed by atoms with Gasteiger partial charge in [-0.15, -0.1) is 11.6 Å². The Bertz CT molecular complexity index is 188. The molecule has 0 bridgehead atoms. The van der Waals surface area contributed by atoms with E-state index in [2.05, 4.69) is 4.98 Å². The lowest BCUT2D eigenvalue weighted by molar-refractivity contribution is 1.07. The highest BCUT2D eigenvalue weighted by atomic mass is 35.5. The Morgan fingerprint density at radius 1 is 1.70 bits per heavy atom. The average Bonchev–Trinajstić information content (AvgIpc) is 2.05. The number of anilines is 1. The van der Waals surface area contributed by atoms with E-state index in [9.17, 15) is 0 Å². The van der Waals surface area contributed by atoms with Gasteiger partial charge in [0.15, 0.2) is 0 Å². The third-order valence-corrected chi connectivity index (χ3v) is 1.62. The van der Waals surface area contributed by atoms with Crippen LogP contribution in [-0.2, 0) is 0 Å². The number of nitrogens with zero attached hydrogens (tertiary/aromatic N) is 2. The van der Waals surface area contributed by atoms with E-state index in [1.54, 1.807) is 12.4 Å². The topological polar surface area (TPSA) is 16.1 Å². The molecule has 0 aliphatic rings. The summed E-state index contributed by atoms with van der Waals surface area (Å²) in [6.45, 7) is 0. The fraction of sp³-hybridized carbons (Fsp3) is 0.286. The van der Waals surface area contributed by atoms with Gasteiger partial charge in [-0.3, -0.25) is 4.98 Å². The van der Waals surface area contributed by atoms with E-state index in [-0.39, 0.29) is 0 Å². The van der Waals surface area contributed by atoms with E-state index < -0.39 is 0 Å². The standard InChI is InChI=1S/C7H9ClN2/c1-10(6-8)7-3-2-4-9-5-7/h2-5H,6H2,1H3. The Morgan fingerprint density at radius 3 is 3.00 bits per heavy atom. The summed E-state index contributed by atoms with van der Waals surface area (Å²) in [6.07, 6.45) is 3.52. The van der Waals surface area contributed by atoms with Crippen molar-refractivity contribution in [2.24, 2.45) is 0 Å². The summed E-state index contributed by atoms with van der Waals surface area (Å²) >= 11 is 5.58. The molecule has 1 aromatic rings. The summed E-state index contributed by atoms with van der Waals surface area (Å²) in [5, 5.41) is 0. The van der Waals surface area contributed by atoms with Crippen molar-refractivity contribution >= 4 is 17.3 Å². The summed E-state index contributed by atoms with van der Waals surface area (Å²) < 4.78 is 0. The van der Waals surface area contributed by atoms with Crippen LogP contribution in [0.2, 0.25) is 0 Å². The van der Waals surface area contributed by atoms with E-state index in [1.807, 2.05) is 24.1 Å². The molecule has 1 aromatic heterocycles. The Hall–Kier alpha value is -0.760. The molecule has 2 nitrogen and oxygen atoms in total. The van der Waals surface area contributed by atoms with E-state index in [1.165, 1.54) is 0 Å². The first-order valence-electron chi connectivity index (χ1n) is 3.01. The van der Waals surface area contributed by atoms with Crippen molar-refractivity contribution in [2.75, 3.05) is 18.0 Å². The van der Waals surface area contributed by atoms with Gasteiger partial charge in [-0.2, -0.15) is 0 Å². The highest BCUT2D eigenvalue weighted by molar-refractivity contribution is 6.18. The first-order chi connectivity index (χ1) is 4.84. The third kappa shape index (κ3) is 1.61. The summed E-state index contributed by atoms with van der Waals surface area (Å²) in [5.74, 6) is 0. The van der Waals surface area contributed by atoms with Gasteiger partial charge in [-0.25, -0.2) is 0 Å². The number of alkyl halides is 1. The monoisotopic (exact) mass is 156 g/mol. The molecule has 1 heterocycles. The Balaban J connectivity index is 2.75. The van der Waals surface area contributed by atoms with Crippen LogP contribution in [0.5, 0.6) is 0 Å². The fourth-order valence-electron chi connectivity index (χ4n) is 0.649. The molecule has 0 aliphatic heterocycles. The van der Waals surface area contributed by atoms with Crippen molar-refractivity contribution < 1.29 is 0 Å². The molecule has 0 fully saturated rings. The van der Waals surface area contributed by atoms with Crippen LogP contribution in [0.15, 0.2) is 24.5 Å². The second kappa shape index (κ2) is 3.42. The van der Waals surface area contributed by atoms with Crippen LogP contribution in [0.4, 0.5) is 5.69 Å². The van der Waals surface area contributed by atoms with Gasteiger partial charge in [-0.1, -0.05) is 0 Å². The second-order valence-electron chi connectivity index (χ2n) is 2.03. The van der Waals surface area contributed by atoms with Gasteiger partial charge >= 0.3 is 0 Å². The van der Waals surface area contributed by atoms with Gasteiger partial charge in [0.1, 0.15) is 0 Å². The smallest absolute Gasteiger partial charge is 0.0925 e. The number of halogens is 1. The Labute approximate surface area is 65.4 Å². The van der Waals surface area contributed by atoms with Gasteiger partial charge < -0.3 is 4.90 Å². The molecule has 0 saturated carbocycles. The van der Waals surface area contributed by atoms with Crippen LogP contribution >= 0.6 is 11.6 Å². The van der Waals surface area contributed by atoms with E-state index in [4.69, 9.17) is 11.6 Å². The molecule has 1 rings (SSSR count).